The van der Waals surface area contributed by atoms with Gasteiger partial charge in [-0.25, -0.2) is 0 Å². The number of hydrogen-bond acceptors (Lipinski definition) is 4. The first kappa shape index (κ1) is 30.0. The van der Waals surface area contributed by atoms with Crippen molar-refractivity contribution in [3.63, 3.8) is 0 Å². The van der Waals surface area contributed by atoms with E-state index in [1.165, 1.54) is 37.9 Å². The van der Waals surface area contributed by atoms with Crippen molar-refractivity contribution < 1.29 is 23.5 Å². The number of nitrogens with one attached hydrogen (secondary N) is 1. The first-order chi connectivity index (χ1) is 18.9. The zero-order valence-corrected chi connectivity index (χ0v) is 25.7. The third-order valence-corrected chi connectivity index (χ3v) is 12.6. The van der Waals surface area contributed by atoms with Gasteiger partial charge in [-0.3, -0.25) is 9.59 Å². The second-order valence-electron chi connectivity index (χ2n) is 12.1. The summed E-state index contributed by atoms with van der Waals surface area (Å²) in [5.41, 5.74) is 0.691. The first-order valence-electron chi connectivity index (χ1n) is 14.4. The number of benzene rings is 4. The Kier molecular flexibility index (Phi) is 9.18. The van der Waals surface area contributed by atoms with Crippen molar-refractivity contribution in [1.82, 2.24) is 5.32 Å². The normalized spacial score (nSPS) is 12.8. The zero-order valence-electron chi connectivity index (χ0n) is 24.7. The van der Waals surface area contributed by atoms with Gasteiger partial charge in [0.05, 0.1) is 18.6 Å². The van der Waals surface area contributed by atoms with Crippen LogP contribution in [0.5, 0.6) is 0 Å². The Balaban J connectivity index is 1.32. The molecular weight excluding hydrogens is 518 g/mol. The van der Waals surface area contributed by atoms with Crippen LogP contribution < -0.4 is 5.32 Å². The van der Waals surface area contributed by atoms with Crippen molar-refractivity contribution in [2.75, 3.05) is 13.2 Å². The van der Waals surface area contributed by atoms with Gasteiger partial charge in [0.2, 0.25) is 5.91 Å². The summed E-state index contributed by atoms with van der Waals surface area (Å²) in [4.78, 5) is 24.0. The van der Waals surface area contributed by atoms with Crippen LogP contribution in [0.15, 0.2) is 54.6 Å². The number of aliphatic carboxylic acids is 1. The summed E-state index contributed by atoms with van der Waals surface area (Å²) >= 11 is 0. The summed E-state index contributed by atoms with van der Waals surface area (Å²) < 4.78 is 12.9. The number of carbonyl (C=O) groups is 2. The molecule has 0 aromatic heterocycles. The van der Waals surface area contributed by atoms with Gasteiger partial charge < -0.3 is 19.3 Å². The summed E-state index contributed by atoms with van der Waals surface area (Å²) in [6.45, 7) is 12.6. The second-order valence-corrected chi connectivity index (χ2v) is 16.3. The van der Waals surface area contributed by atoms with Crippen LogP contribution in [0.3, 0.4) is 0 Å². The van der Waals surface area contributed by atoms with Crippen molar-refractivity contribution in [3.05, 3.63) is 60.2 Å². The molecule has 0 aliphatic rings. The molecule has 0 spiro atoms. The highest BCUT2D eigenvalue weighted by molar-refractivity contribution is 6.70. The van der Waals surface area contributed by atoms with E-state index in [4.69, 9.17) is 8.85 Å². The number of carboxylic acid groups (broad SMARTS) is 1. The van der Waals surface area contributed by atoms with Gasteiger partial charge in [0.1, 0.15) is 0 Å². The SMILES string of the molecule is CC(C)[Si](OCCNC(=O)CCCc1ccc2ccc3cccc4ccc1c2c34)(OC(C)(C)CC(=O)O)C(C)C. The zero-order chi connectivity index (χ0) is 29.1. The van der Waals surface area contributed by atoms with E-state index in [0.717, 1.165) is 12.8 Å². The molecule has 4 rings (SSSR count). The first-order valence-corrected chi connectivity index (χ1v) is 16.4. The smallest absolute Gasteiger partial charge is 0.343 e. The van der Waals surface area contributed by atoms with E-state index >= 15 is 0 Å². The Morgan fingerprint density at radius 3 is 2.12 bits per heavy atom. The summed E-state index contributed by atoms with van der Waals surface area (Å²) in [6, 6.07) is 19.6. The quantitative estimate of drug-likeness (QED) is 0.0942. The number of amides is 1. The number of hydrogen-bond donors (Lipinski definition) is 2. The van der Waals surface area contributed by atoms with Crippen LogP contribution >= 0.6 is 0 Å². The van der Waals surface area contributed by atoms with Crippen molar-refractivity contribution >= 4 is 52.8 Å². The number of carboxylic acids is 1. The predicted molar refractivity (Wildman–Crippen MR) is 165 cm³/mol. The van der Waals surface area contributed by atoms with Crippen LogP contribution in [0, 0.1) is 0 Å². The van der Waals surface area contributed by atoms with E-state index < -0.39 is 20.1 Å². The van der Waals surface area contributed by atoms with Crippen LogP contribution in [0.2, 0.25) is 11.1 Å². The van der Waals surface area contributed by atoms with E-state index in [0.29, 0.717) is 19.6 Å². The van der Waals surface area contributed by atoms with Crippen molar-refractivity contribution in [1.29, 1.82) is 0 Å². The Hall–Kier alpha value is -3.00. The van der Waals surface area contributed by atoms with Crippen LogP contribution in [-0.4, -0.2) is 44.3 Å². The summed E-state index contributed by atoms with van der Waals surface area (Å²) in [5.74, 6) is -0.885. The minimum atomic E-state index is -2.76. The van der Waals surface area contributed by atoms with Gasteiger partial charge in [-0.2, -0.15) is 0 Å². The molecule has 7 heteroatoms. The summed E-state index contributed by atoms with van der Waals surface area (Å²) in [5, 5.41) is 20.0. The van der Waals surface area contributed by atoms with Crippen molar-refractivity contribution in [2.24, 2.45) is 0 Å². The minimum Gasteiger partial charge on any atom is -0.481 e. The van der Waals surface area contributed by atoms with Crippen LogP contribution in [0.25, 0.3) is 32.3 Å². The molecule has 0 fully saturated rings. The average Bonchev–Trinajstić information content (AvgIpc) is 2.88. The predicted octanol–water partition coefficient (Wildman–Crippen LogP) is 7.57. The fourth-order valence-corrected chi connectivity index (χ4v) is 9.93. The largest absolute Gasteiger partial charge is 0.481 e. The monoisotopic (exact) mass is 561 g/mol. The van der Waals surface area contributed by atoms with Crippen LogP contribution in [0.4, 0.5) is 0 Å². The molecule has 0 saturated carbocycles. The van der Waals surface area contributed by atoms with Crippen molar-refractivity contribution in [2.45, 2.75) is 83.9 Å². The Labute approximate surface area is 238 Å². The molecule has 0 heterocycles. The fraction of sp³-hybridized carbons (Fsp3) is 0.455. The molecule has 0 aliphatic heterocycles. The molecule has 0 saturated heterocycles. The highest BCUT2D eigenvalue weighted by atomic mass is 28.4. The van der Waals surface area contributed by atoms with Crippen LogP contribution in [-0.2, 0) is 24.9 Å². The summed E-state index contributed by atoms with van der Waals surface area (Å²) in [6.07, 6.45) is 1.95. The molecule has 4 aromatic rings. The molecule has 214 valence electrons. The number of carbonyl (C=O) groups excluding carboxylic acids is 1. The second kappa shape index (κ2) is 12.2. The maximum atomic E-state index is 12.7. The van der Waals surface area contributed by atoms with E-state index in [2.05, 4.69) is 87.6 Å². The fourth-order valence-electron chi connectivity index (χ4n) is 6.04. The lowest BCUT2D eigenvalue weighted by atomic mass is 9.90. The van der Waals surface area contributed by atoms with Crippen molar-refractivity contribution in [3.8, 4) is 0 Å². The van der Waals surface area contributed by atoms with Gasteiger partial charge in [0.25, 0.3) is 0 Å². The average molecular weight is 562 g/mol. The topological polar surface area (TPSA) is 84.9 Å². The summed E-state index contributed by atoms with van der Waals surface area (Å²) in [7, 11) is -2.76. The third-order valence-electron chi connectivity index (χ3n) is 7.84. The minimum absolute atomic E-state index is 0.00907. The van der Waals surface area contributed by atoms with Gasteiger partial charge in [-0.15, -0.1) is 0 Å². The Bertz CT molecular complexity index is 1450. The lowest BCUT2D eigenvalue weighted by molar-refractivity contribution is -0.141. The molecule has 0 aliphatic carbocycles. The molecule has 0 bridgehead atoms. The molecule has 40 heavy (non-hydrogen) atoms. The Morgan fingerprint density at radius 2 is 1.50 bits per heavy atom. The molecular formula is C33H43NO5Si. The highest BCUT2D eigenvalue weighted by Gasteiger charge is 2.48. The maximum absolute atomic E-state index is 12.7. The molecule has 6 nitrogen and oxygen atoms in total. The molecule has 0 unspecified atom stereocenters. The van der Waals surface area contributed by atoms with E-state index in [1.54, 1.807) is 13.8 Å². The van der Waals surface area contributed by atoms with E-state index in [1.807, 2.05) is 0 Å². The third kappa shape index (κ3) is 6.48. The highest BCUT2D eigenvalue weighted by Crippen LogP contribution is 2.39. The standard InChI is InChI=1S/C33H43NO5Si/c1-22(2)40(23(3)4,39-33(5,6)21-30(36)37)38-20-19-34-29(35)12-8-9-24-13-14-27-16-15-25-10-7-11-26-17-18-28(24)32(27)31(25)26/h7,10-11,13-18,22-23H,8-9,12,19-21H2,1-6H3,(H,34,35)(H,36,37). The Morgan fingerprint density at radius 1 is 0.900 bits per heavy atom. The van der Waals surface area contributed by atoms with Gasteiger partial charge in [0.15, 0.2) is 0 Å². The molecule has 4 aromatic carbocycles. The maximum Gasteiger partial charge on any atom is 0.343 e. The van der Waals surface area contributed by atoms with Crippen LogP contribution in [0.1, 0.15) is 66.4 Å². The lowest BCUT2D eigenvalue weighted by Crippen LogP contribution is -2.54. The van der Waals surface area contributed by atoms with Gasteiger partial charge in [-0.1, -0.05) is 82.3 Å². The molecule has 0 radical (unpaired) electrons. The molecule has 0 atom stereocenters. The van der Waals surface area contributed by atoms with Gasteiger partial charge >= 0.3 is 14.5 Å². The number of rotatable bonds is 14. The lowest BCUT2D eigenvalue weighted by Gasteiger charge is -2.43. The van der Waals surface area contributed by atoms with E-state index in [9.17, 15) is 14.7 Å². The van der Waals surface area contributed by atoms with E-state index in [-0.39, 0.29) is 23.4 Å². The molecule has 1 amide bonds. The van der Waals surface area contributed by atoms with Gasteiger partial charge in [-0.05, 0) is 75.7 Å². The number of aryl methyl sites for hydroxylation is 1. The van der Waals surface area contributed by atoms with Gasteiger partial charge in [0, 0.05) is 13.0 Å². The molecule has 2 N–H and O–H groups in total.